The van der Waals surface area contributed by atoms with Gasteiger partial charge in [0, 0.05) is 18.2 Å². The molecular weight excluding hydrogens is 226 g/mol. The summed E-state index contributed by atoms with van der Waals surface area (Å²) in [5.74, 6) is 0.214. The first-order valence-corrected chi connectivity index (χ1v) is 4.96. The Morgan fingerprint density at radius 1 is 1.31 bits per heavy atom. The van der Waals surface area contributed by atoms with E-state index in [1.807, 2.05) is 25.1 Å². The number of nitrogens with zero attached hydrogens (tertiary/aromatic N) is 1. The van der Waals surface area contributed by atoms with Crippen molar-refractivity contribution >= 4 is 23.3 Å². The Morgan fingerprint density at radius 3 is 2.88 bits per heavy atom. The second kappa shape index (κ2) is 5.68. The van der Waals surface area contributed by atoms with Crippen molar-refractivity contribution in [2.45, 2.75) is 13.5 Å². The number of phenolic OH excluding ortho intramolecular Hbond substituents is 1. The van der Waals surface area contributed by atoms with Crippen LogP contribution in [0.1, 0.15) is 12.5 Å². The normalized spacial score (nSPS) is 10.1. The van der Waals surface area contributed by atoms with Gasteiger partial charge < -0.3 is 9.84 Å². The molecule has 86 valence electrons. The molecule has 1 aromatic carbocycles. The van der Waals surface area contributed by atoms with Gasteiger partial charge in [-0.2, -0.15) is 0 Å². The van der Waals surface area contributed by atoms with Crippen molar-refractivity contribution in [3.05, 3.63) is 36.0 Å². The molecule has 0 atom stereocenters. The van der Waals surface area contributed by atoms with Crippen molar-refractivity contribution in [1.82, 2.24) is 4.98 Å². The van der Waals surface area contributed by atoms with E-state index in [9.17, 15) is 5.11 Å². The third-order valence-electron chi connectivity index (χ3n) is 2.30. The van der Waals surface area contributed by atoms with Crippen LogP contribution in [-0.2, 0) is 11.3 Å². The zero-order valence-electron chi connectivity index (χ0n) is 9.01. The highest BCUT2D eigenvalue weighted by atomic mass is 35.5. The molecule has 2 aromatic rings. The minimum Gasteiger partial charge on any atom is -0.506 e. The van der Waals surface area contributed by atoms with Crippen LogP contribution in [-0.4, -0.2) is 16.7 Å². The van der Waals surface area contributed by atoms with Gasteiger partial charge in [-0.1, -0.05) is 12.1 Å². The van der Waals surface area contributed by atoms with Crippen LogP contribution in [0, 0.1) is 0 Å². The number of rotatable bonds is 3. The van der Waals surface area contributed by atoms with Crippen molar-refractivity contribution in [3.8, 4) is 5.75 Å². The fourth-order valence-electron chi connectivity index (χ4n) is 1.55. The Bertz CT molecular complexity index is 474. The van der Waals surface area contributed by atoms with Gasteiger partial charge in [-0.05, 0) is 24.6 Å². The summed E-state index contributed by atoms with van der Waals surface area (Å²) in [5, 5.41) is 10.6. The molecule has 0 saturated carbocycles. The quantitative estimate of drug-likeness (QED) is 0.896. The number of hydrogen-bond donors (Lipinski definition) is 1. The number of aromatic nitrogens is 1. The minimum atomic E-state index is 0. The molecular formula is C12H14ClNO2. The molecule has 4 heteroatoms. The van der Waals surface area contributed by atoms with E-state index < -0.39 is 0 Å². The summed E-state index contributed by atoms with van der Waals surface area (Å²) < 4.78 is 5.36. The van der Waals surface area contributed by atoms with E-state index in [4.69, 9.17) is 4.74 Å². The number of phenols is 1. The van der Waals surface area contributed by atoms with Crippen molar-refractivity contribution in [2.24, 2.45) is 0 Å². The molecule has 0 radical (unpaired) electrons. The van der Waals surface area contributed by atoms with Gasteiger partial charge in [-0.15, -0.1) is 12.4 Å². The largest absolute Gasteiger partial charge is 0.506 e. The lowest BCUT2D eigenvalue weighted by atomic mass is 10.1. The first-order chi connectivity index (χ1) is 7.33. The van der Waals surface area contributed by atoms with E-state index in [1.54, 1.807) is 12.3 Å². The summed E-state index contributed by atoms with van der Waals surface area (Å²) in [5.41, 5.74) is 1.69. The Hall–Kier alpha value is -1.32. The van der Waals surface area contributed by atoms with Gasteiger partial charge in [0.05, 0.1) is 6.61 Å². The number of hydrogen-bond acceptors (Lipinski definition) is 3. The van der Waals surface area contributed by atoms with Crippen molar-refractivity contribution in [3.63, 3.8) is 0 Å². The first-order valence-electron chi connectivity index (χ1n) is 4.96. The molecule has 1 aromatic heterocycles. The van der Waals surface area contributed by atoms with Gasteiger partial charge in [0.25, 0.3) is 0 Å². The van der Waals surface area contributed by atoms with Crippen molar-refractivity contribution < 1.29 is 9.84 Å². The van der Waals surface area contributed by atoms with Gasteiger partial charge in [0.15, 0.2) is 0 Å². The second-order valence-electron chi connectivity index (χ2n) is 3.28. The molecule has 1 N–H and O–H groups in total. The maximum Gasteiger partial charge on any atom is 0.141 e. The summed E-state index contributed by atoms with van der Waals surface area (Å²) in [4.78, 5) is 4.14. The zero-order chi connectivity index (χ0) is 10.7. The third-order valence-corrected chi connectivity index (χ3v) is 2.30. The topological polar surface area (TPSA) is 42.4 Å². The van der Waals surface area contributed by atoms with Crippen LogP contribution in [0.25, 0.3) is 10.9 Å². The molecule has 1 heterocycles. The maximum absolute atomic E-state index is 9.62. The van der Waals surface area contributed by atoms with Crippen LogP contribution in [0.4, 0.5) is 0 Å². The number of halogens is 1. The Kier molecular flexibility index (Phi) is 4.52. The molecule has 0 saturated heterocycles. The van der Waals surface area contributed by atoms with Crippen molar-refractivity contribution in [1.29, 1.82) is 0 Å². The molecule has 0 unspecified atom stereocenters. The summed E-state index contributed by atoms with van der Waals surface area (Å²) >= 11 is 0. The number of benzene rings is 1. The number of aromatic hydroxyl groups is 1. The van der Waals surface area contributed by atoms with E-state index in [2.05, 4.69) is 4.98 Å². The Balaban J connectivity index is 0.00000128. The molecule has 0 aliphatic rings. The van der Waals surface area contributed by atoms with Gasteiger partial charge in [0.1, 0.15) is 11.3 Å². The van der Waals surface area contributed by atoms with Crippen LogP contribution < -0.4 is 0 Å². The smallest absolute Gasteiger partial charge is 0.141 e. The van der Waals surface area contributed by atoms with Crippen LogP contribution >= 0.6 is 12.4 Å². The van der Waals surface area contributed by atoms with E-state index in [0.717, 1.165) is 10.9 Å². The first kappa shape index (κ1) is 12.7. The van der Waals surface area contributed by atoms with E-state index in [1.165, 1.54) is 0 Å². The molecule has 0 spiro atoms. The van der Waals surface area contributed by atoms with Crippen LogP contribution in [0.3, 0.4) is 0 Å². The highest BCUT2D eigenvalue weighted by molar-refractivity contribution is 5.87. The van der Waals surface area contributed by atoms with Crippen LogP contribution in [0.2, 0.25) is 0 Å². The average Bonchev–Trinajstić information content (AvgIpc) is 2.29. The lowest BCUT2D eigenvalue weighted by Crippen LogP contribution is -1.93. The molecule has 2 rings (SSSR count). The molecule has 0 aliphatic heterocycles. The van der Waals surface area contributed by atoms with Gasteiger partial charge in [-0.3, -0.25) is 4.98 Å². The summed E-state index contributed by atoms with van der Waals surface area (Å²) in [6, 6.07) is 7.33. The Morgan fingerprint density at radius 2 is 2.12 bits per heavy atom. The highest BCUT2D eigenvalue weighted by Gasteiger charge is 2.05. The molecule has 0 amide bonds. The van der Waals surface area contributed by atoms with Crippen molar-refractivity contribution in [2.75, 3.05) is 6.61 Å². The van der Waals surface area contributed by atoms with Gasteiger partial charge in [0.2, 0.25) is 0 Å². The Labute approximate surface area is 100 Å². The summed E-state index contributed by atoms with van der Waals surface area (Å²) in [6.45, 7) is 3.20. The standard InChI is InChI=1S/C12H13NO2.ClH/c1-2-15-8-9-5-6-11(14)12-10(9)4-3-7-13-12;/h3-7,14H,2,8H2,1H3;1H. The fourth-order valence-corrected chi connectivity index (χ4v) is 1.55. The lowest BCUT2D eigenvalue weighted by molar-refractivity contribution is 0.135. The highest BCUT2D eigenvalue weighted by Crippen LogP contribution is 2.25. The summed E-state index contributed by atoms with van der Waals surface area (Å²) in [7, 11) is 0. The molecule has 3 nitrogen and oxygen atoms in total. The summed E-state index contributed by atoms with van der Waals surface area (Å²) in [6.07, 6.45) is 1.67. The fraction of sp³-hybridized carbons (Fsp3) is 0.250. The molecule has 16 heavy (non-hydrogen) atoms. The average molecular weight is 240 g/mol. The molecule has 0 aliphatic carbocycles. The van der Waals surface area contributed by atoms with Crippen LogP contribution in [0.15, 0.2) is 30.5 Å². The maximum atomic E-state index is 9.62. The van der Waals surface area contributed by atoms with E-state index in [-0.39, 0.29) is 18.2 Å². The number of pyridine rings is 1. The number of fused-ring (bicyclic) bond motifs is 1. The SMILES string of the molecule is CCOCc1ccc(O)c2ncccc12.Cl. The third kappa shape index (κ3) is 2.43. The second-order valence-corrected chi connectivity index (χ2v) is 3.28. The van der Waals surface area contributed by atoms with Gasteiger partial charge in [-0.25, -0.2) is 0 Å². The predicted molar refractivity (Wildman–Crippen MR) is 66.0 cm³/mol. The molecule has 0 bridgehead atoms. The predicted octanol–water partition coefficient (Wildman–Crippen LogP) is 2.90. The minimum absolute atomic E-state index is 0. The number of ether oxygens (including phenoxy) is 1. The van der Waals surface area contributed by atoms with E-state index >= 15 is 0 Å². The zero-order valence-corrected chi connectivity index (χ0v) is 9.83. The lowest BCUT2D eigenvalue weighted by Gasteiger charge is -2.06. The molecule has 0 fully saturated rings. The monoisotopic (exact) mass is 239 g/mol. The van der Waals surface area contributed by atoms with E-state index in [0.29, 0.717) is 18.7 Å². The van der Waals surface area contributed by atoms with Gasteiger partial charge >= 0.3 is 0 Å². The van der Waals surface area contributed by atoms with Crippen LogP contribution in [0.5, 0.6) is 5.75 Å².